The van der Waals surface area contributed by atoms with E-state index in [-0.39, 0.29) is 0 Å². The van der Waals surface area contributed by atoms with Crippen LogP contribution in [0.3, 0.4) is 0 Å². The highest BCUT2D eigenvalue weighted by Gasteiger charge is 2.10. The number of benzene rings is 1. The van der Waals surface area contributed by atoms with Crippen molar-refractivity contribution in [2.24, 2.45) is 0 Å². The monoisotopic (exact) mass is 292 g/mol. The van der Waals surface area contributed by atoms with Gasteiger partial charge >= 0.3 is 0 Å². The van der Waals surface area contributed by atoms with Gasteiger partial charge in [-0.05, 0) is 12.6 Å². The van der Waals surface area contributed by atoms with E-state index >= 15 is 0 Å². The Morgan fingerprint density at radius 2 is 2.15 bits per heavy atom. The van der Waals surface area contributed by atoms with E-state index < -0.39 is 6.10 Å². The molecule has 1 aromatic heterocycles. The van der Waals surface area contributed by atoms with E-state index in [4.69, 9.17) is 4.74 Å². The number of hydrogen-bond donors (Lipinski definition) is 1. The fraction of sp³-hybridized carbons (Fsp3) is 0.400. The molecule has 0 spiro atoms. The molecule has 0 saturated heterocycles. The second-order valence-corrected chi connectivity index (χ2v) is 5.76. The van der Waals surface area contributed by atoms with Gasteiger partial charge in [-0.3, -0.25) is 4.90 Å². The summed E-state index contributed by atoms with van der Waals surface area (Å²) in [5, 5.41) is 13.0. The fourth-order valence-corrected chi connectivity index (χ4v) is 2.62. The zero-order valence-corrected chi connectivity index (χ0v) is 12.4. The number of aliphatic hydroxyl groups is 1. The van der Waals surface area contributed by atoms with Crippen LogP contribution in [0.4, 0.5) is 0 Å². The highest BCUT2D eigenvalue weighted by atomic mass is 32.1. The predicted octanol–water partition coefficient (Wildman–Crippen LogP) is 2.15. The molecular formula is C15H20N2O2S. The second kappa shape index (κ2) is 8.11. The van der Waals surface area contributed by atoms with Gasteiger partial charge in [0.2, 0.25) is 0 Å². The van der Waals surface area contributed by atoms with Gasteiger partial charge in [-0.15, -0.1) is 11.3 Å². The second-order valence-electron chi connectivity index (χ2n) is 4.78. The molecule has 2 rings (SSSR count). The van der Waals surface area contributed by atoms with Crippen molar-refractivity contribution >= 4 is 11.3 Å². The molecule has 1 N–H and O–H groups in total. The minimum Gasteiger partial charge on any atom is -0.389 e. The van der Waals surface area contributed by atoms with Crippen molar-refractivity contribution in [2.45, 2.75) is 19.3 Å². The van der Waals surface area contributed by atoms with Crippen LogP contribution in [0.25, 0.3) is 0 Å². The minimum absolute atomic E-state index is 0.344. The number of likely N-dealkylation sites (N-methyl/N-ethyl adjacent to an activating group) is 1. The van der Waals surface area contributed by atoms with Gasteiger partial charge in [0.05, 0.1) is 25.9 Å². The summed E-state index contributed by atoms with van der Waals surface area (Å²) in [5.41, 5.74) is 1.12. The first-order valence-corrected chi connectivity index (χ1v) is 7.48. The lowest BCUT2D eigenvalue weighted by Crippen LogP contribution is -2.31. The largest absolute Gasteiger partial charge is 0.389 e. The van der Waals surface area contributed by atoms with Crippen LogP contribution in [-0.2, 0) is 17.9 Å². The van der Waals surface area contributed by atoms with Crippen molar-refractivity contribution in [2.75, 3.05) is 20.2 Å². The maximum atomic E-state index is 9.94. The smallest absolute Gasteiger partial charge is 0.107 e. The van der Waals surface area contributed by atoms with E-state index in [2.05, 4.69) is 9.88 Å². The van der Waals surface area contributed by atoms with Crippen molar-refractivity contribution in [3.63, 3.8) is 0 Å². The van der Waals surface area contributed by atoms with E-state index in [1.165, 1.54) is 0 Å². The molecule has 108 valence electrons. The van der Waals surface area contributed by atoms with Gasteiger partial charge in [0.25, 0.3) is 0 Å². The highest BCUT2D eigenvalue weighted by molar-refractivity contribution is 7.09. The number of nitrogens with zero attached hydrogens (tertiary/aromatic N) is 2. The minimum atomic E-state index is -0.483. The molecule has 20 heavy (non-hydrogen) atoms. The summed E-state index contributed by atoms with van der Waals surface area (Å²) in [4.78, 5) is 6.28. The first kappa shape index (κ1) is 15.1. The van der Waals surface area contributed by atoms with E-state index in [1.807, 2.05) is 42.8 Å². The van der Waals surface area contributed by atoms with Crippen LogP contribution in [0.5, 0.6) is 0 Å². The number of thiazole rings is 1. The van der Waals surface area contributed by atoms with Crippen molar-refractivity contribution in [3.05, 3.63) is 52.5 Å². The molecule has 0 bridgehead atoms. The molecule has 0 aliphatic heterocycles. The molecule has 1 atom stereocenters. The highest BCUT2D eigenvalue weighted by Crippen LogP contribution is 2.07. The summed E-state index contributed by atoms with van der Waals surface area (Å²) in [6.45, 7) is 2.22. The number of aromatic nitrogens is 1. The SMILES string of the molecule is CN(Cc1nccs1)CC(O)COCc1ccccc1. The average Bonchev–Trinajstić information content (AvgIpc) is 2.92. The Bertz CT molecular complexity index is 476. The molecule has 0 radical (unpaired) electrons. The standard InChI is InChI=1S/C15H20N2O2S/c1-17(10-15-16-7-8-20-15)9-14(18)12-19-11-13-5-3-2-4-6-13/h2-8,14,18H,9-12H2,1H3. The normalized spacial score (nSPS) is 12.8. The van der Waals surface area contributed by atoms with Crippen LogP contribution in [0.15, 0.2) is 41.9 Å². The lowest BCUT2D eigenvalue weighted by atomic mass is 10.2. The number of rotatable bonds is 8. The van der Waals surface area contributed by atoms with Crippen molar-refractivity contribution in [1.82, 2.24) is 9.88 Å². The van der Waals surface area contributed by atoms with E-state index in [0.717, 1.165) is 17.1 Å². The Balaban J connectivity index is 1.63. The van der Waals surface area contributed by atoms with Crippen LogP contribution < -0.4 is 0 Å². The summed E-state index contributed by atoms with van der Waals surface area (Å²) >= 11 is 1.63. The Morgan fingerprint density at radius 3 is 2.85 bits per heavy atom. The van der Waals surface area contributed by atoms with Gasteiger partial charge in [0.1, 0.15) is 5.01 Å². The van der Waals surface area contributed by atoms with E-state index in [9.17, 15) is 5.11 Å². The topological polar surface area (TPSA) is 45.6 Å². The van der Waals surface area contributed by atoms with Crippen LogP contribution in [0.1, 0.15) is 10.6 Å². The molecule has 0 fully saturated rings. The van der Waals surface area contributed by atoms with Gasteiger partial charge in [-0.2, -0.15) is 0 Å². The van der Waals surface area contributed by atoms with Crippen LogP contribution in [0, 0.1) is 0 Å². The lowest BCUT2D eigenvalue weighted by molar-refractivity contribution is 0.0127. The summed E-state index contributed by atoms with van der Waals surface area (Å²) in [6.07, 6.45) is 1.32. The molecule has 1 unspecified atom stereocenters. The summed E-state index contributed by atoms with van der Waals surface area (Å²) in [6, 6.07) is 9.97. The van der Waals surface area contributed by atoms with E-state index in [1.54, 1.807) is 17.5 Å². The molecule has 5 heteroatoms. The fourth-order valence-electron chi connectivity index (χ4n) is 1.93. The third-order valence-electron chi connectivity index (χ3n) is 2.83. The predicted molar refractivity (Wildman–Crippen MR) is 80.6 cm³/mol. The molecule has 4 nitrogen and oxygen atoms in total. The van der Waals surface area contributed by atoms with Gasteiger partial charge < -0.3 is 9.84 Å². The maximum absolute atomic E-state index is 9.94. The van der Waals surface area contributed by atoms with Crippen molar-refractivity contribution in [3.8, 4) is 0 Å². The van der Waals surface area contributed by atoms with Gasteiger partial charge in [0, 0.05) is 18.1 Å². The van der Waals surface area contributed by atoms with Crippen molar-refractivity contribution < 1.29 is 9.84 Å². The molecule has 1 heterocycles. The van der Waals surface area contributed by atoms with Crippen LogP contribution in [-0.4, -0.2) is 41.3 Å². The Morgan fingerprint density at radius 1 is 1.35 bits per heavy atom. The van der Waals surface area contributed by atoms with Crippen molar-refractivity contribution in [1.29, 1.82) is 0 Å². The summed E-state index contributed by atoms with van der Waals surface area (Å²) in [5.74, 6) is 0. The molecular weight excluding hydrogens is 272 g/mol. The maximum Gasteiger partial charge on any atom is 0.107 e. The number of ether oxygens (including phenoxy) is 1. The average molecular weight is 292 g/mol. The molecule has 0 saturated carbocycles. The Labute approximate surface area is 123 Å². The zero-order chi connectivity index (χ0) is 14.2. The van der Waals surface area contributed by atoms with Gasteiger partial charge in [-0.25, -0.2) is 4.98 Å². The first-order chi connectivity index (χ1) is 9.74. The Hall–Kier alpha value is -1.27. The molecule has 0 aliphatic rings. The van der Waals surface area contributed by atoms with Crippen LogP contribution in [0.2, 0.25) is 0 Å². The van der Waals surface area contributed by atoms with Gasteiger partial charge in [-0.1, -0.05) is 30.3 Å². The zero-order valence-electron chi connectivity index (χ0n) is 11.6. The third-order valence-corrected chi connectivity index (χ3v) is 3.60. The Kier molecular flexibility index (Phi) is 6.14. The number of hydrogen-bond acceptors (Lipinski definition) is 5. The molecule has 1 aromatic carbocycles. The molecule has 0 aliphatic carbocycles. The molecule has 2 aromatic rings. The quantitative estimate of drug-likeness (QED) is 0.810. The van der Waals surface area contributed by atoms with Gasteiger partial charge in [0.15, 0.2) is 0 Å². The first-order valence-electron chi connectivity index (χ1n) is 6.60. The molecule has 0 amide bonds. The number of aliphatic hydroxyl groups excluding tert-OH is 1. The summed E-state index contributed by atoms with van der Waals surface area (Å²) in [7, 11) is 1.97. The third kappa shape index (κ3) is 5.38. The summed E-state index contributed by atoms with van der Waals surface area (Å²) < 4.78 is 5.53. The lowest BCUT2D eigenvalue weighted by Gasteiger charge is -2.19. The van der Waals surface area contributed by atoms with E-state index in [0.29, 0.717) is 19.8 Å². The van der Waals surface area contributed by atoms with Crippen LogP contribution >= 0.6 is 11.3 Å².